The van der Waals surface area contributed by atoms with E-state index in [1.165, 1.54) is 64.0 Å². The van der Waals surface area contributed by atoms with E-state index in [1.807, 2.05) is 12.4 Å². The molecule has 2 amide bonds. The second-order valence-corrected chi connectivity index (χ2v) is 7.96. The third-order valence-corrected chi connectivity index (χ3v) is 5.53. The molecule has 0 bridgehead atoms. The van der Waals surface area contributed by atoms with Gasteiger partial charge in [-0.25, -0.2) is 4.98 Å². The van der Waals surface area contributed by atoms with E-state index >= 15 is 0 Å². The molecule has 1 aliphatic carbocycles. The summed E-state index contributed by atoms with van der Waals surface area (Å²) in [6.07, 6.45) is 15.8. The van der Waals surface area contributed by atoms with Crippen LogP contribution in [0.2, 0.25) is 0 Å². The smallest absolute Gasteiger partial charge is 0.248 e. The van der Waals surface area contributed by atoms with Crippen molar-refractivity contribution in [3.05, 3.63) is 30.9 Å². The first-order chi connectivity index (χ1) is 14.9. The van der Waals surface area contributed by atoms with Crippen molar-refractivity contribution in [2.75, 3.05) is 11.9 Å². The van der Waals surface area contributed by atoms with E-state index in [-0.39, 0.29) is 17.9 Å². The maximum Gasteiger partial charge on any atom is 0.248 e. The zero-order chi connectivity index (χ0) is 23.1. The number of hydroxylamine groups is 1. The lowest BCUT2D eigenvalue weighted by Crippen LogP contribution is -2.42. The van der Waals surface area contributed by atoms with Crippen molar-refractivity contribution in [1.29, 1.82) is 0 Å². The Balaban J connectivity index is 0.000000284. The maximum atomic E-state index is 12.0. The monoisotopic (exact) mass is 433 g/mol. The first-order valence-electron chi connectivity index (χ1n) is 11.3. The Morgan fingerprint density at radius 1 is 1.19 bits per heavy atom. The highest BCUT2D eigenvalue weighted by Gasteiger charge is 2.32. The van der Waals surface area contributed by atoms with Gasteiger partial charge >= 0.3 is 0 Å². The van der Waals surface area contributed by atoms with Crippen LogP contribution in [0.3, 0.4) is 0 Å². The average molecular weight is 434 g/mol. The van der Waals surface area contributed by atoms with Crippen molar-refractivity contribution in [3.8, 4) is 0 Å². The number of allylic oxidation sites excluding steroid dienone is 1. The molecule has 0 aromatic carbocycles. The Kier molecular flexibility index (Phi) is 13.1. The minimum atomic E-state index is -0.380. The SMILES string of the molecule is C=C(CC)NO.CC(=O)N1CCCC1C(=O)Nc1cnccn1.CCCC1CCCC1. The van der Waals surface area contributed by atoms with Crippen molar-refractivity contribution in [1.82, 2.24) is 20.3 Å². The van der Waals surface area contributed by atoms with Gasteiger partial charge in [0.15, 0.2) is 5.82 Å². The van der Waals surface area contributed by atoms with Crippen LogP contribution in [-0.4, -0.2) is 44.5 Å². The van der Waals surface area contributed by atoms with E-state index in [9.17, 15) is 9.59 Å². The number of anilines is 1. The lowest BCUT2D eigenvalue weighted by Gasteiger charge is -2.21. The van der Waals surface area contributed by atoms with Gasteiger partial charge in [0.25, 0.3) is 0 Å². The summed E-state index contributed by atoms with van der Waals surface area (Å²) in [5, 5.41) is 10.6. The van der Waals surface area contributed by atoms with Crippen molar-refractivity contribution in [2.24, 2.45) is 5.92 Å². The number of likely N-dealkylation sites (tertiary alicyclic amines) is 1. The predicted octanol–water partition coefficient (Wildman–Crippen LogP) is 4.29. The highest BCUT2D eigenvalue weighted by Crippen LogP contribution is 2.28. The van der Waals surface area contributed by atoms with Gasteiger partial charge in [-0.1, -0.05) is 59.0 Å². The summed E-state index contributed by atoms with van der Waals surface area (Å²) in [5.74, 6) is 1.26. The average Bonchev–Trinajstić information content (AvgIpc) is 3.47. The van der Waals surface area contributed by atoms with E-state index in [1.54, 1.807) is 4.90 Å². The number of amides is 2. The second-order valence-electron chi connectivity index (χ2n) is 7.96. The second kappa shape index (κ2) is 15.3. The van der Waals surface area contributed by atoms with Crippen LogP contribution in [0.25, 0.3) is 0 Å². The molecule has 0 radical (unpaired) electrons. The minimum absolute atomic E-state index is 0.0678. The molecule has 1 aromatic rings. The highest BCUT2D eigenvalue weighted by atomic mass is 16.5. The number of nitrogens with zero attached hydrogens (tertiary/aromatic N) is 3. The normalized spacial score (nSPS) is 17.7. The van der Waals surface area contributed by atoms with E-state index in [0.29, 0.717) is 24.5 Å². The van der Waals surface area contributed by atoms with E-state index in [4.69, 9.17) is 5.21 Å². The molecule has 3 N–H and O–H groups in total. The van der Waals surface area contributed by atoms with Crippen LogP contribution in [0.1, 0.15) is 78.6 Å². The fourth-order valence-electron chi connectivity index (χ4n) is 3.78. The molecule has 1 saturated carbocycles. The number of carbonyl (C=O) groups is 2. The van der Waals surface area contributed by atoms with Crippen LogP contribution in [0, 0.1) is 5.92 Å². The van der Waals surface area contributed by atoms with Crippen LogP contribution in [0.5, 0.6) is 0 Å². The molecule has 2 fully saturated rings. The Hall–Kier alpha value is -2.48. The van der Waals surface area contributed by atoms with Crippen molar-refractivity contribution in [2.45, 2.75) is 84.6 Å². The Morgan fingerprint density at radius 2 is 1.90 bits per heavy atom. The predicted molar refractivity (Wildman–Crippen MR) is 122 cm³/mol. The number of hydrogen-bond acceptors (Lipinski definition) is 6. The Labute approximate surface area is 186 Å². The zero-order valence-electron chi connectivity index (χ0n) is 19.3. The third-order valence-electron chi connectivity index (χ3n) is 5.53. The molecule has 1 saturated heterocycles. The van der Waals surface area contributed by atoms with Crippen LogP contribution < -0.4 is 10.8 Å². The molecule has 8 heteroatoms. The first kappa shape index (κ1) is 26.6. The molecular formula is C23H39N5O3. The molecule has 1 aliphatic heterocycles. The molecule has 1 unspecified atom stereocenters. The highest BCUT2D eigenvalue weighted by molar-refractivity contribution is 5.96. The van der Waals surface area contributed by atoms with Gasteiger partial charge in [0.05, 0.1) is 6.20 Å². The summed E-state index contributed by atoms with van der Waals surface area (Å²) >= 11 is 0. The molecule has 174 valence electrons. The molecule has 2 aliphatic rings. The van der Waals surface area contributed by atoms with E-state index in [0.717, 1.165) is 18.8 Å². The zero-order valence-corrected chi connectivity index (χ0v) is 19.3. The molecule has 1 aromatic heterocycles. The van der Waals surface area contributed by atoms with Gasteiger partial charge in [-0.2, -0.15) is 0 Å². The lowest BCUT2D eigenvalue weighted by molar-refractivity contribution is -0.134. The van der Waals surface area contributed by atoms with Gasteiger partial charge in [0.1, 0.15) is 6.04 Å². The number of carbonyl (C=O) groups excluding carboxylic acids is 2. The van der Waals surface area contributed by atoms with Crippen LogP contribution in [0.15, 0.2) is 30.9 Å². The fraction of sp³-hybridized carbons (Fsp3) is 0.652. The van der Waals surface area contributed by atoms with Crippen molar-refractivity contribution in [3.63, 3.8) is 0 Å². The Bertz CT molecular complexity index is 656. The molecule has 1 atom stereocenters. The largest absolute Gasteiger partial charge is 0.331 e. The number of aromatic nitrogens is 2. The molecule has 0 spiro atoms. The third kappa shape index (κ3) is 10.4. The summed E-state index contributed by atoms with van der Waals surface area (Å²) in [6, 6.07) is -0.380. The quantitative estimate of drug-likeness (QED) is 0.578. The number of hydrogen-bond donors (Lipinski definition) is 3. The van der Waals surface area contributed by atoms with Gasteiger partial charge < -0.3 is 10.2 Å². The van der Waals surface area contributed by atoms with Crippen LogP contribution >= 0.6 is 0 Å². The van der Waals surface area contributed by atoms with Crippen molar-refractivity contribution < 1.29 is 14.8 Å². The van der Waals surface area contributed by atoms with Crippen molar-refractivity contribution >= 4 is 17.6 Å². The van der Waals surface area contributed by atoms with E-state index < -0.39 is 0 Å². The molecule has 31 heavy (non-hydrogen) atoms. The number of nitrogens with one attached hydrogen (secondary N) is 2. The summed E-state index contributed by atoms with van der Waals surface area (Å²) < 4.78 is 0. The minimum Gasteiger partial charge on any atom is -0.331 e. The molecule has 8 nitrogen and oxygen atoms in total. The molecule has 3 rings (SSSR count). The summed E-state index contributed by atoms with van der Waals surface area (Å²) in [6.45, 7) is 9.76. The van der Waals surface area contributed by atoms with Crippen LogP contribution in [-0.2, 0) is 9.59 Å². The summed E-state index contributed by atoms with van der Waals surface area (Å²) in [4.78, 5) is 32.7. The van der Waals surface area contributed by atoms with Gasteiger partial charge in [-0.15, -0.1) is 0 Å². The summed E-state index contributed by atoms with van der Waals surface area (Å²) in [7, 11) is 0. The summed E-state index contributed by atoms with van der Waals surface area (Å²) in [5.41, 5.74) is 2.57. The Morgan fingerprint density at radius 3 is 2.39 bits per heavy atom. The van der Waals surface area contributed by atoms with Gasteiger partial charge in [0.2, 0.25) is 11.8 Å². The first-order valence-corrected chi connectivity index (χ1v) is 11.3. The van der Waals surface area contributed by atoms with Gasteiger partial charge in [-0.3, -0.25) is 25.3 Å². The molecular weight excluding hydrogens is 394 g/mol. The standard InChI is InChI=1S/C11H14N4O2.C8H16.C4H9NO/c1-8(16)15-6-2-3-9(15)11(17)14-10-7-12-4-5-13-10;1-2-5-8-6-3-4-7-8;1-3-4(2)5-6/h4-5,7,9H,2-3,6H2,1H3,(H,13,14,17);8H,2-7H2,1H3;5-6H,2-3H2,1H3. The molecule has 2 heterocycles. The lowest BCUT2D eigenvalue weighted by atomic mass is 10.0. The maximum absolute atomic E-state index is 12.0. The van der Waals surface area contributed by atoms with Gasteiger partial charge in [0, 0.05) is 31.6 Å². The fourth-order valence-corrected chi connectivity index (χ4v) is 3.78. The van der Waals surface area contributed by atoms with E-state index in [2.05, 4.69) is 28.8 Å². The topological polar surface area (TPSA) is 107 Å². The van der Waals surface area contributed by atoms with Crippen LogP contribution in [0.4, 0.5) is 5.82 Å². The number of rotatable bonds is 6. The van der Waals surface area contributed by atoms with Gasteiger partial charge in [-0.05, 0) is 25.2 Å².